The average molecular weight is 533 g/mol. The highest BCUT2D eigenvalue weighted by molar-refractivity contribution is 9.10. The normalized spacial score (nSPS) is 15.1. The molecule has 0 fully saturated rings. The van der Waals surface area contributed by atoms with Crippen molar-refractivity contribution in [2.45, 2.75) is 12.6 Å². The fourth-order valence-electron chi connectivity index (χ4n) is 4.39. The smallest absolute Gasteiger partial charge is 0.290 e. The third kappa shape index (κ3) is 4.61. The van der Waals surface area contributed by atoms with Gasteiger partial charge in [-0.15, -0.1) is 0 Å². The number of fused-ring (bicyclic) bond motifs is 2. The van der Waals surface area contributed by atoms with Crippen LogP contribution in [0.3, 0.4) is 0 Å². The number of carbonyl (C=O) groups excluding carboxylic acids is 1. The van der Waals surface area contributed by atoms with Gasteiger partial charge in [-0.05, 0) is 55.6 Å². The van der Waals surface area contributed by atoms with Crippen LogP contribution in [0.1, 0.15) is 33.3 Å². The molecule has 178 valence electrons. The molecule has 0 radical (unpaired) electrons. The van der Waals surface area contributed by atoms with Crippen molar-refractivity contribution < 1.29 is 13.9 Å². The van der Waals surface area contributed by atoms with Gasteiger partial charge in [0.1, 0.15) is 17.9 Å². The lowest BCUT2D eigenvalue weighted by Gasteiger charge is -2.26. The second-order valence-corrected chi connectivity index (χ2v) is 9.78. The molecule has 3 aromatic carbocycles. The number of amides is 1. The third-order valence-corrected chi connectivity index (χ3v) is 6.63. The van der Waals surface area contributed by atoms with Crippen molar-refractivity contribution >= 4 is 32.8 Å². The molecular weight excluding hydrogens is 508 g/mol. The summed E-state index contributed by atoms with van der Waals surface area (Å²) >= 11 is 3.44. The first kappa shape index (κ1) is 23.3. The Kier molecular flexibility index (Phi) is 6.45. The number of likely N-dealkylation sites (N-methyl/N-ethyl adjacent to an activating group) is 1. The molecule has 0 saturated carbocycles. The van der Waals surface area contributed by atoms with E-state index in [-0.39, 0.29) is 17.1 Å². The predicted molar refractivity (Wildman–Crippen MR) is 139 cm³/mol. The van der Waals surface area contributed by atoms with Gasteiger partial charge in [-0.1, -0.05) is 58.4 Å². The molecular formula is C28H25BrN2O4. The summed E-state index contributed by atoms with van der Waals surface area (Å²) in [6.45, 7) is 1.53. The van der Waals surface area contributed by atoms with Crippen LogP contribution in [0.15, 0.2) is 86.5 Å². The highest BCUT2D eigenvalue weighted by atomic mass is 79.9. The molecule has 6 nitrogen and oxygen atoms in total. The van der Waals surface area contributed by atoms with E-state index >= 15 is 0 Å². The summed E-state index contributed by atoms with van der Waals surface area (Å²) in [7, 11) is 3.91. The summed E-state index contributed by atoms with van der Waals surface area (Å²) in [6.07, 6.45) is 0. The van der Waals surface area contributed by atoms with Crippen LogP contribution in [0, 0.1) is 0 Å². The average Bonchev–Trinajstić information content (AvgIpc) is 3.14. The summed E-state index contributed by atoms with van der Waals surface area (Å²) in [5, 5.41) is 0.446. The SMILES string of the molecule is CN(C)CCN1C(=O)c2oc3ccc(Br)cc3c(=O)c2C1c1cccc(OCc2ccccc2)c1. The molecule has 2 heterocycles. The maximum atomic E-state index is 13.7. The van der Waals surface area contributed by atoms with Crippen LogP contribution in [-0.4, -0.2) is 42.9 Å². The van der Waals surface area contributed by atoms with Gasteiger partial charge in [-0.2, -0.15) is 0 Å². The zero-order valence-corrected chi connectivity index (χ0v) is 21.1. The van der Waals surface area contributed by atoms with Gasteiger partial charge in [0.05, 0.1) is 17.0 Å². The highest BCUT2D eigenvalue weighted by Gasteiger charge is 2.42. The minimum atomic E-state index is -0.558. The Morgan fingerprint density at radius 2 is 1.80 bits per heavy atom. The van der Waals surface area contributed by atoms with Crippen molar-refractivity contribution in [1.82, 2.24) is 9.80 Å². The van der Waals surface area contributed by atoms with Crippen molar-refractivity contribution in [2.24, 2.45) is 0 Å². The standard InChI is InChI=1S/C28H25BrN2O4/c1-30(2)13-14-31-25(19-9-6-10-21(15-19)34-17-18-7-4-3-5-8-18)24-26(32)22-16-20(29)11-12-23(22)35-27(24)28(31)33/h3-12,15-16,25H,13-14,17H2,1-2H3. The Balaban J connectivity index is 1.58. The molecule has 0 spiro atoms. The Bertz CT molecular complexity index is 1450. The number of hydrogen-bond donors (Lipinski definition) is 0. The van der Waals surface area contributed by atoms with Crippen LogP contribution in [0.25, 0.3) is 11.0 Å². The van der Waals surface area contributed by atoms with Crippen molar-refractivity contribution in [3.05, 3.63) is 110 Å². The Hall–Kier alpha value is -3.42. The van der Waals surface area contributed by atoms with Gasteiger partial charge in [-0.3, -0.25) is 9.59 Å². The zero-order chi connectivity index (χ0) is 24.5. The Morgan fingerprint density at radius 3 is 2.57 bits per heavy atom. The lowest BCUT2D eigenvalue weighted by molar-refractivity contribution is 0.0716. The molecule has 1 aliphatic rings. The van der Waals surface area contributed by atoms with Gasteiger partial charge in [0, 0.05) is 17.6 Å². The van der Waals surface area contributed by atoms with Crippen LogP contribution in [-0.2, 0) is 6.61 Å². The minimum Gasteiger partial charge on any atom is -0.489 e. The highest BCUT2D eigenvalue weighted by Crippen LogP contribution is 2.39. The lowest BCUT2D eigenvalue weighted by atomic mass is 9.98. The van der Waals surface area contributed by atoms with E-state index in [4.69, 9.17) is 9.15 Å². The van der Waals surface area contributed by atoms with Crippen LogP contribution in [0.4, 0.5) is 0 Å². The largest absolute Gasteiger partial charge is 0.489 e. The molecule has 7 heteroatoms. The number of carbonyl (C=O) groups is 1. The summed E-state index contributed by atoms with van der Waals surface area (Å²) in [6, 6.07) is 22.2. The van der Waals surface area contributed by atoms with E-state index in [9.17, 15) is 9.59 Å². The summed E-state index contributed by atoms with van der Waals surface area (Å²) < 4.78 is 12.8. The number of halogens is 1. The molecule has 0 aliphatic carbocycles. The van der Waals surface area contributed by atoms with E-state index in [0.29, 0.717) is 42.0 Å². The second-order valence-electron chi connectivity index (χ2n) is 8.87. The monoisotopic (exact) mass is 532 g/mol. The van der Waals surface area contributed by atoms with E-state index in [1.165, 1.54) is 0 Å². The van der Waals surface area contributed by atoms with Gasteiger partial charge in [0.25, 0.3) is 5.91 Å². The number of nitrogens with zero attached hydrogens (tertiary/aromatic N) is 2. The minimum absolute atomic E-state index is 0.115. The van der Waals surface area contributed by atoms with Crippen molar-refractivity contribution in [3.63, 3.8) is 0 Å². The molecule has 0 N–H and O–H groups in total. The summed E-state index contributed by atoms with van der Waals surface area (Å²) in [4.78, 5) is 30.9. The molecule has 1 aromatic heterocycles. The van der Waals surface area contributed by atoms with Gasteiger partial charge in [0.15, 0.2) is 5.43 Å². The molecule has 1 atom stereocenters. The van der Waals surface area contributed by atoms with E-state index in [2.05, 4.69) is 15.9 Å². The first-order valence-corrected chi connectivity index (χ1v) is 12.2. The van der Waals surface area contributed by atoms with Crippen LogP contribution in [0.2, 0.25) is 0 Å². The van der Waals surface area contributed by atoms with E-state index in [0.717, 1.165) is 15.6 Å². The Labute approximate surface area is 211 Å². The molecule has 5 rings (SSSR count). The number of benzene rings is 3. The zero-order valence-electron chi connectivity index (χ0n) is 19.5. The summed E-state index contributed by atoms with van der Waals surface area (Å²) in [5.74, 6) is 0.515. The van der Waals surface area contributed by atoms with Gasteiger partial charge in [0.2, 0.25) is 5.76 Å². The number of rotatable bonds is 7. The number of hydrogen-bond acceptors (Lipinski definition) is 5. The number of ether oxygens (including phenoxy) is 1. The summed E-state index contributed by atoms with van der Waals surface area (Å²) in [5.41, 5.74) is 2.45. The topological polar surface area (TPSA) is 63.0 Å². The molecule has 0 bridgehead atoms. The van der Waals surface area contributed by atoms with E-state index in [1.807, 2.05) is 73.6 Å². The molecule has 4 aromatic rings. The lowest BCUT2D eigenvalue weighted by Crippen LogP contribution is -2.35. The van der Waals surface area contributed by atoms with E-state index in [1.54, 1.807) is 23.1 Å². The second kappa shape index (κ2) is 9.68. The van der Waals surface area contributed by atoms with Crippen LogP contribution in [0.5, 0.6) is 5.75 Å². The van der Waals surface area contributed by atoms with Crippen LogP contribution < -0.4 is 10.2 Å². The van der Waals surface area contributed by atoms with Crippen molar-refractivity contribution in [2.75, 3.05) is 27.2 Å². The van der Waals surface area contributed by atoms with Gasteiger partial charge < -0.3 is 19.0 Å². The predicted octanol–water partition coefficient (Wildman–Crippen LogP) is 5.24. The molecule has 1 aliphatic heterocycles. The first-order valence-electron chi connectivity index (χ1n) is 11.4. The molecule has 1 unspecified atom stereocenters. The van der Waals surface area contributed by atoms with Crippen molar-refractivity contribution in [3.8, 4) is 5.75 Å². The molecule has 35 heavy (non-hydrogen) atoms. The maximum absolute atomic E-state index is 13.7. The third-order valence-electron chi connectivity index (χ3n) is 6.14. The fraction of sp³-hybridized carbons (Fsp3) is 0.214. The van der Waals surface area contributed by atoms with Gasteiger partial charge in [-0.25, -0.2) is 0 Å². The fourth-order valence-corrected chi connectivity index (χ4v) is 4.75. The molecule has 1 amide bonds. The van der Waals surface area contributed by atoms with Crippen molar-refractivity contribution in [1.29, 1.82) is 0 Å². The Morgan fingerprint density at radius 1 is 1.00 bits per heavy atom. The van der Waals surface area contributed by atoms with E-state index < -0.39 is 6.04 Å². The van der Waals surface area contributed by atoms with Crippen LogP contribution >= 0.6 is 15.9 Å². The first-order chi connectivity index (χ1) is 16.9. The maximum Gasteiger partial charge on any atom is 0.290 e. The molecule has 0 saturated heterocycles. The quantitative estimate of drug-likeness (QED) is 0.325. The van der Waals surface area contributed by atoms with Gasteiger partial charge >= 0.3 is 0 Å².